The van der Waals surface area contributed by atoms with Crippen LogP contribution in [0.1, 0.15) is 49.6 Å². The summed E-state index contributed by atoms with van der Waals surface area (Å²) in [5.74, 6) is 0. The van der Waals surface area contributed by atoms with Gasteiger partial charge < -0.3 is 5.32 Å². The maximum Gasteiger partial charge on any atom is 0.0641 e. The highest BCUT2D eigenvalue weighted by Gasteiger charge is 2.07. The van der Waals surface area contributed by atoms with E-state index in [0.29, 0.717) is 0 Å². The highest BCUT2D eigenvalue weighted by Crippen LogP contribution is 2.11. The topological polar surface area (TPSA) is 29.9 Å². The van der Waals surface area contributed by atoms with Crippen LogP contribution in [0, 0.1) is 13.8 Å². The Morgan fingerprint density at radius 3 is 2.50 bits per heavy atom. The lowest BCUT2D eigenvalue weighted by atomic mass is 10.2. The van der Waals surface area contributed by atoms with Crippen molar-refractivity contribution >= 4 is 0 Å². The van der Waals surface area contributed by atoms with Gasteiger partial charge >= 0.3 is 0 Å². The molecule has 0 aliphatic heterocycles. The first-order chi connectivity index (χ1) is 7.66. The zero-order valence-corrected chi connectivity index (χ0v) is 11.1. The van der Waals surface area contributed by atoms with E-state index in [4.69, 9.17) is 0 Å². The quantitative estimate of drug-likeness (QED) is 0.720. The summed E-state index contributed by atoms with van der Waals surface area (Å²) in [6.45, 7) is 8.54. The molecule has 1 N–H and O–H groups in total. The van der Waals surface area contributed by atoms with Gasteiger partial charge in [-0.25, -0.2) is 0 Å². The van der Waals surface area contributed by atoms with Crippen LogP contribution in [0.2, 0.25) is 0 Å². The molecule has 92 valence electrons. The summed E-state index contributed by atoms with van der Waals surface area (Å²) in [5.41, 5.74) is 3.79. The third kappa shape index (κ3) is 3.63. The third-order valence-corrected chi connectivity index (χ3v) is 3.17. The Labute approximate surface area is 99.2 Å². The molecule has 0 saturated carbocycles. The summed E-state index contributed by atoms with van der Waals surface area (Å²) < 4.78 is 1.96. The molecule has 3 nitrogen and oxygen atoms in total. The predicted octanol–water partition coefficient (Wildman–Crippen LogP) is 2.71. The molecule has 0 saturated heterocycles. The van der Waals surface area contributed by atoms with Gasteiger partial charge in [0.15, 0.2) is 0 Å². The SMILES string of the molecule is CCCCCCNCc1c(C)nn(C)c1C. The minimum Gasteiger partial charge on any atom is -0.313 e. The molecule has 0 unspecified atom stereocenters. The molecule has 1 heterocycles. The van der Waals surface area contributed by atoms with Crippen LogP contribution < -0.4 is 5.32 Å². The van der Waals surface area contributed by atoms with E-state index in [2.05, 4.69) is 31.2 Å². The van der Waals surface area contributed by atoms with Crippen LogP contribution in [0.15, 0.2) is 0 Å². The van der Waals surface area contributed by atoms with Crippen molar-refractivity contribution in [3.63, 3.8) is 0 Å². The Kier molecular flexibility index (Phi) is 5.53. The van der Waals surface area contributed by atoms with E-state index in [0.717, 1.165) is 18.8 Å². The van der Waals surface area contributed by atoms with Gasteiger partial charge in [0.2, 0.25) is 0 Å². The number of nitrogens with one attached hydrogen (secondary N) is 1. The van der Waals surface area contributed by atoms with Crippen LogP contribution in [-0.2, 0) is 13.6 Å². The number of nitrogens with zero attached hydrogens (tertiary/aromatic N) is 2. The van der Waals surface area contributed by atoms with Crippen LogP contribution in [-0.4, -0.2) is 16.3 Å². The van der Waals surface area contributed by atoms with Gasteiger partial charge in [-0.15, -0.1) is 0 Å². The summed E-state index contributed by atoms with van der Waals surface area (Å²) in [6.07, 6.45) is 5.29. The molecule has 1 aromatic rings. The molecule has 0 radical (unpaired) electrons. The fourth-order valence-corrected chi connectivity index (χ4v) is 1.96. The van der Waals surface area contributed by atoms with Crippen LogP contribution in [0.3, 0.4) is 0 Å². The fourth-order valence-electron chi connectivity index (χ4n) is 1.96. The number of unbranched alkanes of at least 4 members (excludes halogenated alkanes) is 3. The zero-order valence-electron chi connectivity index (χ0n) is 11.1. The molecule has 0 aromatic carbocycles. The fraction of sp³-hybridized carbons (Fsp3) is 0.769. The van der Waals surface area contributed by atoms with Crippen molar-refractivity contribution in [2.24, 2.45) is 7.05 Å². The highest BCUT2D eigenvalue weighted by molar-refractivity contribution is 5.23. The van der Waals surface area contributed by atoms with Crippen molar-refractivity contribution in [2.45, 2.75) is 53.0 Å². The normalized spacial score (nSPS) is 11.0. The van der Waals surface area contributed by atoms with E-state index in [1.165, 1.54) is 36.9 Å². The first kappa shape index (κ1) is 13.2. The summed E-state index contributed by atoms with van der Waals surface area (Å²) in [4.78, 5) is 0. The predicted molar refractivity (Wildman–Crippen MR) is 68.5 cm³/mol. The minimum atomic E-state index is 0.956. The molecule has 16 heavy (non-hydrogen) atoms. The van der Waals surface area contributed by atoms with Crippen molar-refractivity contribution in [2.75, 3.05) is 6.54 Å². The Morgan fingerprint density at radius 2 is 1.94 bits per heavy atom. The highest BCUT2D eigenvalue weighted by atomic mass is 15.3. The van der Waals surface area contributed by atoms with Crippen molar-refractivity contribution in [3.8, 4) is 0 Å². The second-order valence-electron chi connectivity index (χ2n) is 4.51. The van der Waals surface area contributed by atoms with Crippen LogP contribution >= 0.6 is 0 Å². The van der Waals surface area contributed by atoms with E-state index in [-0.39, 0.29) is 0 Å². The lowest BCUT2D eigenvalue weighted by Gasteiger charge is -2.05. The lowest BCUT2D eigenvalue weighted by molar-refractivity contribution is 0.596. The lowest BCUT2D eigenvalue weighted by Crippen LogP contribution is -2.15. The second kappa shape index (κ2) is 6.69. The first-order valence-corrected chi connectivity index (χ1v) is 6.36. The maximum atomic E-state index is 4.42. The molecule has 0 bridgehead atoms. The molecule has 0 amide bonds. The van der Waals surface area contributed by atoms with Gasteiger partial charge in [-0.2, -0.15) is 5.10 Å². The molecule has 0 fully saturated rings. The van der Waals surface area contributed by atoms with Crippen LogP contribution in [0.25, 0.3) is 0 Å². The average molecular weight is 223 g/mol. The Balaban J connectivity index is 2.26. The smallest absolute Gasteiger partial charge is 0.0641 e. The Bertz CT molecular complexity index is 315. The summed E-state index contributed by atoms with van der Waals surface area (Å²) in [6, 6.07) is 0. The minimum absolute atomic E-state index is 0.956. The number of aromatic nitrogens is 2. The Hall–Kier alpha value is -0.830. The standard InChI is InChI=1S/C13H25N3/c1-5-6-7-8-9-14-10-13-11(2)15-16(4)12(13)3/h14H,5-10H2,1-4H3. The molecule has 0 aliphatic carbocycles. The molecule has 0 spiro atoms. The molecular weight excluding hydrogens is 198 g/mol. The van der Waals surface area contributed by atoms with Gasteiger partial charge in [-0.1, -0.05) is 26.2 Å². The van der Waals surface area contributed by atoms with E-state index < -0.39 is 0 Å². The van der Waals surface area contributed by atoms with E-state index in [1.54, 1.807) is 0 Å². The number of hydrogen-bond acceptors (Lipinski definition) is 2. The summed E-state index contributed by atoms with van der Waals surface area (Å²) >= 11 is 0. The maximum absolute atomic E-state index is 4.42. The molecule has 3 heteroatoms. The van der Waals surface area contributed by atoms with Crippen molar-refractivity contribution in [1.82, 2.24) is 15.1 Å². The van der Waals surface area contributed by atoms with Gasteiger partial charge in [0.25, 0.3) is 0 Å². The van der Waals surface area contributed by atoms with Crippen molar-refractivity contribution in [3.05, 3.63) is 17.0 Å². The molecule has 0 atom stereocenters. The van der Waals surface area contributed by atoms with E-state index >= 15 is 0 Å². The summed E-state index contributed by atoms with van der Waals surface area (Å²) in [7, 11) is 2.01. The number of rotatable bonds is 7. The number of aryl methyl sites for hydroxylation is 2. The average Bonchev–Trinajstić information content (AvgIpc) is 2.49. The van der Waals surface area contributed by atoms with Crippen LogP contribution in [0.4, 0.5) is 0 Å². The third-order valence-electron chi connectivity index (χ3n) is 3.17. The van der Waals surface area contributed by atoms with E-state index in [9.17, 15) is 0 Å². The molecule has 0 aliphatic rings. The van der Waals surface area contributed by atoms with Crippen LogP contribution in [0.5, 0.6) is 0 Å². The van der Waals surface area contributed by atoms with Gasteiger partial charge in [0.1, 0.15) is 0 Å². The van der Waals surface area contributed by atoms with Gasteiger partial charge in [-0.3, -0.25) is 4.68 Å². The second-order valence-corrected chi connectivity index (χ2v) is 4.51. The molecular formula is C13H25N3. The first-order valence-electron chi connectivity index (χ1n) is 6.36. The van der Waals surface area contributed by atoms with Crippen molar-refractivity contribution in [1.29, 1.82) is 0 Å². The summed E-state index contributed by atoms with van der Waals surface area (Å²) in [5, 5.41) is 7.92. The van der Waals surface area contributed by atoms with E-state index in [1.807, 2.05) is 11.7 Å². The van der Waals surface area contributed by atoms with Gasteiger partial charge in [0.05, 0.1) is 5.69 Å². The molecule has 1 rings (SSSR count). The van der Waals surface area contributed by atoms with Gasteiger partial charge in [-0.05, 0) is 26.8 Å². The number of hydrogen-bond donors (Lipinski definition) is 1. The monoisotopic (exact) mass is 223 g/mol. The Morgan fingerprint density at radius 1 is 1.19 bits per heavy atom. The van der Waals surface area contributed by atoms with Gasteiger partial charge in [0, 0.05) is 24.8 Å². The zero-order chi connectivity index (χ0) is 12.0. The molecule has 1 aromatic heterocycles. The van der Waals surface area contributed by atoms with Crippen molar-refractivity contribution < 1.29 is 0 Å². The largest absolute Gasteiger partial charge is 0.313 e.